The number of benzene rings is 3. The molecular formula is C30H27F2N3O4. The predicted octanol–water partition coefficient (Wildman–Crippen LogP) is 4.05. The van der Waals surface area contributed by atoms with Crippen LogP contribution in [0.2, 0.25) is 0 Å². The molecule has 0 aliphatic carbocycles. The molecule has 1 atom stereocenters. The summed E-state index contributed by atoms with van der Waals surface area (Å²) < 4.78 is 35.3. The van der Waals surface area contributed by atoms with Gasteiger partial charge in [0, 0.05) is 55.0 Å². The number of aliphatic hydroxyl groups excluding tert-OH is 1. The van der Waals surface area contributed by atoms with Crippen LogP contribution in [0.5, 0.6) is 5.75 Å². The minimum Gasteiger partial charge on any atom is -0.497 e. The highest BCUT2D eigenvalue weighted by molar-refractivity contribution is 5.98. The molecule has 0 saturated carbocycles. The van der Waals surface area contributed by atoms with Crippen LogP contribution in [0.25, 0.3) is 10.9 Å². The Kier molecular flexibility index (Phi) is 5.91. The number of rotatable bonds is 4. The summed E-state index contributed by atoms with van der Waals surface area (Å²) in [7, 11) is 3.46. The molecule has 1 spiro atoms. The normalized spacial score (nSPS) is 17.7. The van der Waals surface area contributed by atoms with Crippen LogP contribution in [-0.2, 0) is 12.5 Å². The van der Waals surface area contributed by atoms with Gasteiger partial charge in [-0.05, 0) is 54.1 Å². The van der Waals surface area contributed by atoms with Crippen LogP contribution >= 0.6 is 0 Å². The van der Waals surface area contributed by atoms with Gasteiger partial charge in [-0.15, -0.1) is 0 Å². The van der Waals surface area contributed by atoms with Crippen molar-refractivity contribution in [1.29, 1.82) is 0 Å². The molecule has 1 saturated heterocycles. The lowest BCUT2D eigenvalue weighted by atomic mass is 9.68. The smallest absolute Gasteiger partial charge is 0.254 e. The number of hydrogen-bond donors (Lipinski definition) is 1. The summed E-state index contributed by atoms with van der Waals surface area (Å²) in [5, 5.41) is 11.5. The molecule has 3 aromatic carbocycles. The molecule has 1 aromatic heterocycles. The minimum atomic E-state index is -0.683. The number of hydrogen-bond acceptors (Lipinski definition) is 4. The Morgan fingerprint density at radius 1 is 0.949 bits per heavy atom. The van der Waals surface area contributed by atoms with E-state index in [-0.39, 0.29) is 30.2 Å². The van der Waals surface area contributed by atoms with Crippen molar-refractivity contribution in [2.45, 2.75) is 11.5 Å². The molecule has 0 unspecified atom stereocenters. The van der Waals surface area contributed by atoms with E-state index < -0.39 is 29.0 Å². The van der Waals surface area contributed by atoms with Crippen molar-refractivity contribution in [2.24, 2.45) is 7.05 Å². The van der Waals surface area contributed by atoms with E-state index in [4.69, 9.17) is 4.74 Å². The van der Waals surface area contributed by atoms with Gasteiger partial charge in [-0.1, -0.05) is 12.1 Å². The summed E-state index contributed by atoms with van der Waals surface area (Å²) in [6.45, 7) is 0.479. The first-order valence-corrected chi connectivity index (χ1v) is 12.7. The predicted molar refractivity (Wildman–Crippen MR) is 141 cm³/mol. The average Bonchev–Trinajstić information content (AvgIpc) is 3.22. The number of methoxy groups -OCH3 is 1. The van der Waals surface area contributed by atoms with Crippen LogP contribution in [-0.4, -0.2) is 64.6 Å². The first-order chi connectivity index (χ1) is 18.8. The van der Waals surface area contributed by atoms with Crippen molar-refractivity contribution in [2.75, 3.05) is 33.4 Å². The summed E-state index contributed by atoms with van der Waals surface area (Å²) in [6.07, 6.45) is 0. The van der Waals surface area contributed by atoms with Crippen LogP contribution in [0.1, 0.15) is 38.0 Å². The van der Waals surface area contributed by atoms with Crippen LogP contribution in [0.3, 0.4) is 0 Å². The first kappa shape index (κ1) is 25.1. The molecule has 7 nitrogen and oxygen atoms in total. The van der Waals surface area contributed by atoms with Gasteiger partial charge >= 0.3 is 0 Å². The Balaban J connectivity index is 1.47. The van der Waals surface area contributed by atoms with Crippen molar-refractivity contribution in [3.63, 3.8) is 0 Å². The third-order valence-corrected chi connectivity index (χ3v) is 8.00. The van der Waals surface area contributed by atoms with E-state index in [0.717, 1.165) is 22.2 Å². The number of likely N-dealkylation sites (tertiary alicyclic amines) is 1. The standard InChI is InChI=1S/C30H27F2N3O4/c1-33-24-13-22(39-2)9-10-23(24)26-27(33)25(14-36)35(29(38)19-6-4-8-21(32)12-19)17-30(26)15-34(16-30)28(37)18-5-3-7-20(31)11-18/h3-13,25,36H,14-17H2,1-2H3/t25-/m0/s1. The van der Waals surface area contributed by atoms with Gasteiger partial charge in [0.25, 0.3) is 11.8 Å². The molecule has 6 rings (SSSR count). The van der Waals surface area contributed by atoms with Gasteiger partial charge in [0.05, 0.1) is 30.7 Å². The maximum absolute atomic E-state index is 14.0. The quantitative estimate of drug-likeness (QED) is 0.431. The molecule has 39 heavy (non-hydrogen) atoms. The molecule has 3 heterocycles. The van der Waals surface area contributed by atoms with E-state index in [2.05, 4.69) is 0 Å². The number of amides is 2. The van der Waals surface area contributed by atoms with Gasteiger partial charge in [0.1, 0.15) is 17.4 Å². The zero-order valence-corrected chi connectivity index (χ0v) is 21.5. The molecule has 9 heteroatoms. The fourth-order valence-corrected chi connectivity index (χ4v) is 6.25. The van der Waals surface area contributed by atoms with E-state index in [0.29, 0.717) is 18.8 Å². The maximum Gasteiger partial charge on any atom is 0.254 e. The van der Waals surface area contributed by atoms with Gasteiger partial charge in [0.2, 0.25) is 0 Å². The number of aryl methyl sites for hydroxylation is 1. The molecule has 200 valence electrons. The van der Waals surface area contributed by atoms with E-state index in [1.165, 1.54) is 36.4 Å². The first-order valence-electron chi connectivity index (χ1n) is 12.7. The molecule has 0 radical (unpaired) electrons. The van der Waals surface area contributed by atoms with E-state index in [9.17, 15) is 23.5 Å². The lowest BCUT2D eigenvalue weighted by molar-refractivity contribution is 0.00231. The lowest BCUT2D eigenvalue weighted by Crippen LogP contribution is -2.68. The van der Waals surface area contributed by atoms with Crippen molar-refractivity contribution < 1.29 is 28.2 Å². The topological polar surface area (TPSA) is 75.0 Å². The SMILES string of the molecule is COc1ccc2c3c(n(C)c2c1)[C@H](CO)N(C(=O)c1cccc(F)c1)CC31CN(C(=O)c2cccc(F)c2)C1. The molecule has 2 amide bonds. The molecule has 1 N–H and O–H groups in total. The van der Waals surface area contributed by atoms with Crippen LogP contribution in [0.15, 0.2) is 66.7 Å². The summed E-state index contributed by atoms with van der Waals surface area (Å²) in [4.78, 5) is 30.2. The Labute approximate surface area is 223 Å². The van der Waals surface area contributed by atoms with Gasteiger partial charge in [0.15, 0.2) is 0 Å². The highest BCUT2D eigenvalue weighted by atomic mass is 19.1. The van der Waals surface area contributed by atoms with Crippen molar-refractivity contribution in [1.82, 2.24) is 14.4 Å². The molecule has 2 aliphatic heterocycles. The number of aliphatic hydroxyl groups is 1. The van der Waals surface area contributed by atoms with Gasteiger partial charge < -0.3 is 24.2 Å². The second-order valence-electron chi connectivity index (χ2n) is 10.3. The minimum absolute atomic E-state index is 0.180. The number of nitrogens with zero attached hydrogens (tertiary/aromatic N) is 3. The highest BCUT2D eigenvalue weighted by Crippen LogP contribution is 2.50. The Morgan fingerprint density at radius 2 is 1.59 bits per heavy atom. The van der Waals surface area contributed by atoms with E-state index >= 15 is 0 Å². The average molecular weight is 532 g/mol. The molecule has 2 aliphatic rings. The summed E-state index contributed by atoms with van der Waals surface area (Å²) in [5.74, 6) is -1.05. The Hall–Kier alpha value is -4.24. The van der Waals surface area contributed by atoms with Crippen LogP contribution in [0.4, 0.5) is 8.78 Å². The summed E-state index contributed by atoms with van der Waals surface area (Å²) >= 11 is 0. The summed E-state index contributed by atoms with van der Waals surface area (Å²) in [5.41, 5.74) is 2.39. The number of fused-ring (bicyclic) bond motifs is 4. The van der Waals surface area contributed by atoms with Gasteiger partial charge in [-0.3, -0.25) is 9.59 Å². The molecule has 4 aromatic rings. The van der Waals surface area contributed by atoms with Gasteiger partial charge in [-0.25, -0.2) is 8.78 Å². The van der Waals surface area contributed by atoms with Crippen molar-refractivity contribution in [3.8, 4) is 5.75 Å². The monoisotopic (exact) mass is 531 g/mol. The second kappa shape index (κ2) is 9.20. The number of aromatic nitrogens is 1. The Bertz CT molecular complexity index is 1630. The fraction of sp³-hybridized carbons (Fsp3) is 0.267. The van der Waals surface area contributed by atoms with Crippen LogP contribution in [0, 0.1) is 11.6 Å². The van der Waals surface area contributed by atoms with Crippen LogP contribution < -0.4 is 4.74 Å². The number of carbonyl (C=O) groups excluding carboxylic acids is 2. The van der Waals surface area contributed by atoms with E-state index in [1.54, 1.807) is 29.0 Å². The molecule has 0 bridgehead atoms. The molecular weight excluding hydrogens is 504 g/mol. The third kappa shape index (κ3) is 3.87. The fourth-order valence-electron chi connectivity index (χ4n) is 6.25. The largest absolute Gasteiger partial charge is 0.497 e. The zero-order chi connectivity index (χ0) is 27.5. The van der Waals surface area contributed by atoms with Crippen molar-refractivity contribution >= 4 is 22.7 Å². The van der Waals surface area contributed by atoms with E-state index in [1.807, 2.05) is 29.8 Å². The van der Waals surface area contributed by atoms with Crippen molar-refractivity contribution in [3.05, 3.63) is 101 Å². The lowest BCUT2D eigenvalue weighted by Gasteiger charge is -2.56. The number of carbonyl (C=O) groups is 2. The Morgan fingerprint density at radius 3 is 2.18 bits per heavy atom. The second-order valence-corrected chi connectivity index (χ2v) is 10.3. The number of ether oxygens (including phenoxy) is 1. The molecule has 1 fully saturated rings. The third-order valence-electron chi connectivity index (χ3n) is 8.00. The van der Waals surface area contributed by atoms with Gasteiger partial charge in [-0.2, -0.15) is 0 Å². The number of halogens is 2. The summed E-state index contributed by atoms with van der Waals surface area (Å²) in [6, 6.07) is 16.1. The maximum atomic E-state index is 14.0. The highest BCUT2D eigenvalue weighted by Gasteiger charge is 2.55. The zero-order valence-electron chi connectivity index (χ0n) is 21.5.